The molecule has 0 radical (unpaired) electrons. The summed E-state index contributed by atoms with van der Waals surface area (Å²) < 4.78 is 50.7. The molecule has 0 saturated heterocycles. The third kappa shape index (κ3) is 3.63. The van der Waals surface area contributed by atoms with Crippen molar-refractivity contribution in [2.45, 2.75) is 17.6 Å². The van der Waals surface area contributed by atoms with Gasteiger partial charge < -0.3 is 0 Å². The predicted octanol–water partition coefficient (Wildman–Crippen LogP) is 2.15. The van der Waals surface area contributed by atoms with E-state index in [0.29, 0.717) is 16.7 Å². The first-order chi connectivity index (χ1) is 13.0. The summed E-state index contributed by atoms with van der Waals surface area (Å²) in [6.07, 6.45) is -5.19. The van der Waals surface area contributed by atoms with Gasteiger partial charge in [-0.3, -0.25) is 24.0 Å². The molecule has 3 amide bonds. The quantitative estimate of drug-likeness (QED) is 0.619. The second-order valence-corrected chi connectivity index (χ2v) is 8.02. The van der Waals surface area contributed by atoms with E-state index in [9.17, 15) is 31.8 Å². The van der Waals surface area contributed by atoms with Gasteiger partial charge in [0.15, 0.2) is 0 Å². The largest absolute Gasteiger partial charge is 0.472 e. The molecule has 0 fully saturated rings. The summed E-state index contributed by atoms with van der Waals surface area (Å²) in [6.45, 7) is -0.0696. The number of rotatable bonds is 4. The summed E-state index contributed by atoms with van der Waals surface area (Å²) in [5, 5.41) is 0. The predicted molar refractivity (Wildman–Crippen MR) is 94.8 cm³/mol. The second kappa shape index (κ2) is 6.79. The number of imide groups is 1. The number of alkyl halides is 3. The molecule has 1 N–H and O–H groups in total. The highest BCUT2D eigenvalue weighted by molar-refractivity contribution is 7.99. The van der Waals surface area contributed by atoms with Crippen molar-refractivity contribution in [1.82, 2.24) is 9.62 Å². The minimum Gasteiger partial charge on any atom is -0.271 e. The highest BCUT2D eigenvalue weighted by atomic mass is 32.2. The van der Waals surface area contributed by atoms with E-state index in [1.807, 2.05) is 0 Å². The van der Waals surface area contributed by atoms with Crippen LogP contribution >= 0.6 is 0 Å². The van der Waals surface area contributed by atoms with Crippen molar-refractivity contribution in [1.29, 1.82) is 0 Å². The van der Waals surface area contributed by atoms with Crippen molar-refractivity contribution >= 4 is 33.3 Å². The van der Waals surface area contributed by atoms with Crippen LogP contribution in [0.5, 0.6) is 0 Å². The van der Waals surface area contributed by atoms with Crippen molar-refractivity contribution in [2.24, 2.45) is 0 Å². The molecule has 1 atom stereocenters. The van der Waals surface area contributed by atoms with Crippen LogP contribution in [0.25, 0.3) is 0 Å². The average molecular weight is 410 g/mol. The third-order valence-corrected chi connectivity index (χ3v) is 5.59. The molecule has 0 bridgehead atoms. The number of carbonyl (C=O) groups excluding carboxylic acids is 3. The zero-order valence-electron chi connectivity index (χ0n) is 14.2. The minimum atomic E-state index is -5.19. The van der Waals surface area contributed by atoms with Crippen molar-refractivity contribution in [3.8, 4) is 0 Å². The molecule has 1 unspecified atom stereocenters. The van der Waals surface area contributed by atoms with E-state index < -0.39 is 33.6 Å². The van der Waals surface area contributed by atoms with Crippen LogP contribution in [0.3, 0.4) is 0 Å². The highest BCUT2D eigenvalue weighted by Gasteiger charge is 2.40. The van der Waals surface area contributed by atoms with Crippen LogP contribution in [0.2, 0.25) is 0 Å². The fourth-order valence-corrected chi connectivity index (χ4v) is 3.76. The van der Waals surface area contributed by atoms with Gasteiger partial charge in [-0.1, -0.05) is 24.3 Å². The van der Waals surface area contributed by atoms with Crippen LogP contribution in [0, 0.1) is 0 Å². The van der Waals surface area contributed by atoms with Crippen LogP contribution in [-0.2, 0) is 21.0 Å². The summed E-state index contributed by atoms with van der Waals surface area (Å²) in [6, 6.07) is 11.6. The lowest BCUT2D eigenvalue weighted by Gasteiger charge is -2.16. The van der Waals surface area contributed by atoms with Gasteiger partial charge in [0, 0.05) is 4.90 Å². The minimum absolute atomic E-state index is 0.0696. The first-order valence-corrected chi connectivity index (χ1v) is 9.54. The average Bonchev–Trinajstić information content (AvgIpc) is 2.86. The van der Waals surface area contributed by atoms with Gasteiger partial charge in [0.2, 0.25) is 0 Å². The lowest BCUT2D eigenvalue weighted by atomic mass is 10.1. The van der Waals surface area contributed by atoms with Crippen LogP contribution in [0.1, 0.15) is 26.3 Å². The zero-order valence-corrected chi connectivity index (χ0v) is 15.0. The molecule has 6 nitrogen and oxygen atoms in total. The van der Waals surface area contributed by atoms with Crippen LogP contribution in [-0.4, -0.2) is 38.9 Å². The Balaban J connectivity index is 1.76. The fraction of sp³-hybridized carbons (Fsp3) is 0.111. The van der Waals surface area contributed by atoms with E-state index in [4.69, 9.17) is 0 Å². The second-order valence-electron chi connectivity index (χ2n) is 5.99. The van der Waals surface area contributed by atoms with Crippen molar-refractivity contribution in [2.75, 3.05) is 0 Å². The number of carbonyl (C=O) groups is 3. The summed E-state index contributed by atoms with van der Waals surface area (Å²) in [5.41, 5.74) is 1.06. The number of benzene rings is 2. The molecule has 0 saturated carbocycles. The first kappa shape index (κ1) is 19.6. The number of hydrogen-bond acceptors (Lipinski definition) is 4. The Bertz CT molecular complexity index is 1040. The van der Waals surface area contributed by atoms with E-state index in [1.165, 1.54) is 29.0 Å². The molecule has 0 aromatic heterocycles. The lowest BCUT2D eigenvalue weighted by Crippen LogP contribution is -2.40. The number of halogens is 3. The Morgan fingerprint density at radius 1 is 1.00 bits per heavy atom. The highest BCUT2D eigenvalue weighted by Crippen LogP contribution is 2.24. The first-order valence-electron chi connectivity index (χ1n) is 7.81. The molecular formula is C18H13F3N2O4S. The van der Waals surface area contributed by atoms with Gasteiger partial charge >= 0.3 is 12.1 Å². The Hall–Kier alpha value is -3.14. The number of hydrogen-bond donors (Lipinski definition) is 1. The van der Waals surface area contributed by atoms with Crippen molar-refractivity contribution in [3.63, 3.8) is 0 Å². The molecule has 1 aliphatic heterocycles. The van der Waals surface area contributed by atoms with Crippen molar-refractivity contribution in [3.05, 3.63) is 65.2 Å². The summed E-state index contributed by atoms with van der Waals surface area (Å²) in [4.78, 5) is 36.6. The maximum Gasteiger partial charge on any atom is 0.472 e. The van der Waals surface area contributed by atoms with Crippen LogP contribution < -0.4 is 4.72 Å². The molecule has 2 aromatic rings. The number of nitrogens with zero attached hydrogens (tertiary/aromatic N) is 1. The molecule has 2 aromatic carbocycles. The van der Waals surface area contributed by atoms with Gasteiger partial charge in [-0.15, -0.1) is 0 Å². The number of nitrogens with one attached hydrogen (secondary N) is 1. The molecule has 0 spiro atoms. The molecule has 3 rings (SSSR count). The Labute approximate surface area is 158 Å². The monoisotopic (exact) mass is 410 g/mol. The normalized spacial score (nSPS) is 15.9. The topological polar surface area (TPSA) is 83.6 Å². The molecule has 28 heavy (non-hydrogen) atoms. The maximum absolute atomic E-state index is 12.3. The van der Waals surface area contributed by atoms with E-state index in [2.05, 4.69) is 5.87 Å². The van der Waals surface area contributed by atoms with E-state index in [-0.39, 0.29) is 11.4 Å². The van der Waals surface area contributed by atoms with E-state index in [0.717, 1.165) is 4.90 Å². The van der Waals surface area contributed by atoms with Crippen LogP contribution in [0.4, 0.5) is 13.2 Å². The smallest absolute Gasteiger partial charge is 0.271 e. The molecule has 1 aliphatic rings. The zero-order chi connectivity index (χ0) is 20.7. The Morgan fingerprint density at radius 2 is 1.50 bits per heavy atom. The summed E-state index contributed by atoms with van der Waals surface area (Å²) in [7, 11) is -3.72. The SMILES string of the molecule is C=S(=O)(NC(=O)C(F)(F)F)c1ccc(CN2C(=O)c3ccccc3C2=O)cc1. The van der Waals surface area contributed by atoms with Gasteiger partial charge in [-0.25, -0.2) is 4.21 Å². The standard InChI is InChI=1S/C18H13F3N2O4S/c1-28(27,22-17(26)18(19,20)21)12-8-6-11(7-9-12)10-23-15(24)13-4-2-3-5-14(13)16(23)25/h2-9H,1,10H2,(H,22,26,27). The Kier molecular flexibility index (Phi) is 4.76. The summed E-state index contributed by atoms with van der Waals surface area (Å²) in [5.74, 6) is -0.115. The molecule has 0 aliphatic carbocycles. The molecule has 10 heteroatoms. The number of amides is 3. The summed E-state index contributed by atoms with van der Waals surface area (Å²) >= 11 is 0. The van der Waals surface area contributed by atoms with Crippen LogP contribution in [0.15, 0.2) is 53.4 Å². The fourth-order valence-electron chi connectivity index (χ4n) is 2.65. The molecule has 1 heterocycles. The number of fused-ring (bicyclic) bond motifs is 1. The lowest BCUT2D eigenvalue weighted by molar-refractivity contribution is -0.171. The van der Waals surface area contributed by atoms with Crippen molar-refractivity contribution < 1.29 is 31.8 Å². The van der Waals surface area contributed by atoms with E-state index in [1.54, 1.807) is 24.3 Å². The van der Waals surface area contributed by atoms with Gasteiger partial charge in [-0.05, 0) is 35.7 Å². The molecular weight excluding hydrogens is 397 g/mol. The maximum atomic E-state index is 12.3. The van der Waals surface area contributed by atoms with Gasteiger partial charge in [0.05, 0.1) is 27.4 Å². The van der Waals surface area contributed by atoms with Gasteiger partial charge in [-0.2, -0.15) is 13.2 Å². The van der Waals surface area contributed by atoms with Gasteiger partial charge in [0.25, 0.3) is 11.8 Å². The van der Waals surface area contributed by atoms with E-state index >= 15 is 0 Å². The molecule has 146 valence electrons. The Morgan fingerprint density at radius 3 is 1.96 bits per heavy atom. The van der Waals surface area contributed by atoms with Gasteiger partial charge in [0.1, 0.15) is 0 Å². The third-order valence-electron chi connectivity index (χ3n) is 4.04.